The van der Waals surface area contributed by atoms with Crippen LogP contribution in [0, 0.1) is 11.8 Å². The van der Waals surface area contributed by atoms with Gasteiger partial charge in [0.1, 0.15) is 11.5 Å². The van der Waals surface area contributed by atoms with E-state index in [2.05, 4.69) is 24.1 Å². The van der Waals surface area contributed by atoms with Crippen LogP contribution < -0.4 is 5.32 Å². The maximum absolute atomic E-state index is 12.6. The minimum atomic E-state index is 0.0687. The van der Waals surface area contributed by atoms with E-state index in [1.807, 2.05) is 30.0 Å². The van der Waals surface area contributed by atoms with Gasteiger partial charge in [-0.15, -0.1) is 0 Å². The number of likely N-dealkylation sites (tertiary alicyclic amines) is 1. The molecule has 1 N–H and O–H groups in total. The van der Waals surface area contributed by atoms with Crippen molar-refractivity contribution in [3.63, 3.8) is 0 Å². The van der Waals surface area contributed by atoms with Crippen LogP contribution in [-0.2, 0) is 0 Å². The molecule has 1 aromatic rings. The van der Waals surface area contributed by atoms with E-state index in [1.54, 1.807) is 0 Å². The lowest BCUT2D eigenvalue weighted by molar-refractivity contribution is 0.0753. The standard InChI is InChI=1S/C17H27N3O/c1-4-18-16-9-5-8-15(19-16)17(21)20-11-6-7-14(10-12-20)13(2)3/h5,8-9,13-14H,4,6-7,10-12H2,1-3H3,(H,18,19). The molecule has 0 radical (unpaired) electrons. The Labute approximate surface area is 127 Å². The molecule has 1 saturated heterocycles. The summed E-state index contributed by atoms with van der Waals surface area (Å²) in [5.41, 5.74) is 0.552. The van der Waals surface area contributed by atoms with Crippen molar-refractivity contribution in [1.29, 1.82) is 0 Å². The van der Waals surface area contributed by atoms with Gasteiger partial charge in [0.2, 0.25) is 0 Å². The Morgan fingerprint density at radius 3 is 2.90 bits per heavy atom. The van der Waals surface area contributed by atoms with Gasteiger partial charge in [0.05, 0.1) is 0 Å². The summed E-state index contributed by atoms with van der Waals surface area (Å²) in [4.78, 5) is 19.0. The monoisotopic (exact) mass is 289 g/mol. The van der Waals surface area contributed by atoms with Crippen molar-refractivity contribution in [2.24, 2.45) is 11.8 Å². The molecule has 1 unspecified atom stereocenters. The molecular formula is C17H27N3O. The quantitative estimate of drug-likeness (QED) is 0.924. The summed E-state index contributed by atoms with van der Waals surface area (Å²) in [7, 11) is 0. The van der Waals surface area contributed by atoms with Gasteiger partial charge in [-0.25, -0.2) is 4.98 Å². The van der Waals surface area contributed by atoms with E-state index in [1.165, 1.54) is 6.42 Å². The largest absolute Gasteiger partial charge is 0.370 e. The number of carbonyl (C=O) groups is 1. The average molecular weight is 289 g/mol. The third kappa shape index (κ3) is 4.19. The minimum absolute atomic E-state index is 0.0687. The Kier molecular flexibility index (Phi) is 5.59. The summed E-state index contributed by atoms with van der Waals surface area (Å²) >= 11 is 0. The number of pyridine rings is 1. The molecule has 0 saturated carbocycles. The van der Waals surface area contributed by atoms with Gasteiger partial charge in [-0.05, 0) is 50.2 Å². The van der Waals surface area contributed by atoms with Crippen LogP contribution in [0.15, 0.2) is 18.2 Å². The lowest BCUT2D eigenvalue weighted by Crippen LogP contribution is -2.32. The molecule has 4 heteroatoms. The molecule has 1 aromatic heterocycles. The molecule has 0 spiro atoms. The summed E-state index contributed by atoms with van der Waals surface area (Å²) in [5, 5.41) is 3.16. The summed E-state index contributed by atoms with van der Waals surface area (Å²) in [5.74, 6) is 2.29. The average Bonchev–Trinajstić information content (AvgIpc) is 2.73. The van der Waals surface area contributed by atoms with Gasteiger partial charge < -0.3 is 10.2 Å². The lowest BCUT2D eigenvalue weighted by Gasteiger charge is -2.21. The number of nitrogens with one attached hydrogen (secondary N) is 1. The van der Waals surface area contributed by atoms with Crippen LogP contribution in [0.3, 0.4) is 0 Å². The molecule has 0 aromatic carbocycles. The first-order chi connectivity index (χ1) is 10.1. The normalized spacial score (nSPS) is 19.4. The predicted molar refractivity (Wildman–Crippen MR) is 86.5 cm³/mol. The highest BCUT2D eigenvalue weighted by atomic mass is 16.2. The van der Waals surface area contributed by atoms with Crippen LogP contribution in [0.25, 0.3) is 0 Å². The Hall–Kier alpha value is -1.58. The Balaban J connectivity index is 2.04. The molecule has 1 aliphatic heterocycles. The van der Waals surface area contributed by atoms with Crippen LogP contribution in [0.2, 0.25) is 0 Å². The van der Waals surface area contributed by atoms with Gasteiger partial charge in [-0.2, -0.15) is 0 Å². The Bertz CT molecular complexity index is 473. The molecule has 21 heavy (non-hydrogen) atoms. The van der Waals surface area contributed by atoms with Gasteiger partial charge >= 0.3 is 0 Å². The van der Waals surface area contributed by atoms with Gasteiger partial charge in [0.15, 0.2) is 0 Å². The van der Waals surface area contributed by atoms with Crippen molar-refractivity contribution in [3.8, 4) is 0 Å². The second-order valence-electron chi connectivity index (χ2n) is 6.17. The minimum Gasteiger partial charge on any atom is -0.370 e. The number of hydrogen-bond donors (Lipinski definition) is 1. The van der Waals surface area contributed by atoms with Crippen molar-refractivity contribution in [2.45, 2.75) is 40.0 Å². The van der Waals surface area contributed by atoms with E-state index in [9.17, 15) is 4.79 Å². The molecule has 0 bridgehead atoms. The van der Waals surface area contributed by atoms with Gasteiger partial charge in [0, 0.05) is 19.6 Å². The van der Waals surface area contributed by atoms with Gasteiger partial charge in [-0.1, -0.05) is 19.9 Å². The molecule has 1 aliphatic rings. The number of carbonyl (C=O) groups excluding carboxylic acids is 1. The third-order valence-electron chi connectivity index (χ3n) is 4.33. The predicted octanol–water partition coefficient (Wildman–Crippen LogP) is 3.41. The Morgan fingerprint density at radius 1 is 1.38 bits per heavy atom. The van der Waals surface area contributed by atoms with Crippen LogP contribution >= 0.6 is 0 Å². The summed E-state index contributed by atoms with van der Waals surface area (Å²) in [6.07, 6.45) is 3.43. The number of nitrogens with zero attached hydrogens (tertiary/aromatic N) is 2. The summed E-state index contributed by atoms with van der Waals surface area (Å²) in [6.45, 7) is 9.11. The summed E-state index contributed by atoms with van der Waals surface area (Å²) in [6, 6.07) is 5.61. The van der Waals surface area contributed by atoms with Crippen molar-refractivity contribution >= 4 is 11.7 Å². The van der Waals surface area contributed by atoms with E-state index in [4.69, 9.17) is 0 Å². The van der Waals surface area contributed by atoms with E-state index >= 15 is 0 Å². The second-order valence-corrected chi connectivity index (χ2v) is 6.17. The molecule has 1 amide bonds. The fourth-order valence-electron chi connectivity index (χ4n) is 2.99. The lowest BCUT2D eigenvalue weighted by atomic mass is 9.89. The van der Waals surface area contributed by atoms with Crippen LogP contribution in [0.5, 0.6) is 0 Å². The molecule has 2 rings (SSSR count). The van der Waals surface area contributed by atoms with Crippen molar-refractivity contribution < 1.29 is 4.79 Å². The molecule has 1 fully saturated rings. The van der Waals surface area contributed by atoms with E-state index in [0.717, 1.165) is 44.2 Å². The zero-order valence-corrected chi connectivity index (χ0v) is 13.4. The van der Waals surface area contributed by atoms with Crippen molar-refractivity contribution in [3.05, 3.63) is 23.9 Å². The van der Waals surface area contributed by atoms with E-state index in [-0.39, 0.29) is 5.91 Å². The van der Waals surface area contributed by atoms with Gasteiger partial charge in [-0.3, -0.25) is 4.79 Å². The number of anilines is 1. The highest BCUT2D eigenvalue weighted by Gasteiger charge is 2.23. The van der Waals surface area contributed by atoms with Crippen molar-refractivity contribution in [2.75, 3.05) is 25.0 Å². The molecule has 4 nitrogen and oxygen atoms in total. The third-order valence-corrected chi connectivity index (χ3v) is 4.33. The first-order valence-corrected chi connectivity index (χ1v) is 8.12. The molecule has 1 atom stereocenters. The first-order valence-electron chi connectivity index (χ1n) is 8.12. The maximum Gasteiger partial charge on any atom is 0.272 e. The fraction of sp³-hybridized carbons (Fsp3) is 0.647. The maximum atomic E-state index is 12.6. The van der Waals surface area contributed by atoms with Gasteiger partial charge in [0.25, 0.3) is 5.91 Å². The summed E-state index contributed by atoms with van der Waals surface area (Å²) < 4.78 is 0. The molecular weight excluding hydrogens is 262 g/mol. The zero-order valence-electron chi connectivity index (χ0n) is 13.4. The highest BCUT2D eigenvalue weighted by Crippen LogP contribution is 2.25. The molecule has 116 valence electrons. The number of amides is 1. The Morgan fingerprint density at radius 2 is 2.19 bits per heavy atom. The zero-order chi connectivity index (χ0) is 15.2. The fourth-order valence-corrected chi connectivity index (χ4v) is 2.99. The molecule has 2 heterocycles. The molecule has 0 aliphatic carbocycles. The SMILES string of the molecule is CCNc1cccc(C(=O)N2CCCC(C(C)C)CC2)n1. The van der Waals surface area contributed by atoms with Crippen LogP contribution in [0.1, 0.15) is 50.5 Å². The smallest absolute Gasteiger partial charge is 0.272 e. The second kappa shape index (κ2) is 7.43. The number of aromatic nitrogens is 1. The number of hydrogen-bond acceptors (Lipinski definition) is 3. The number of rotatable bonds is 4. The highest BCUT2D eigenvalue weighted by molar-refractivity contribution is 5.92. The van der Waals surface area contributed by atoms with Crippen molar-refractivity contribution in [1.82, 2.24) is 9.88 Å². The topological polar surface area (TPSA) is 45.2 Å². The van der Waals surface area contributed by atoms with E-state index in [0.29, 0.717) is 11.6 Å². The van der Waals surface area contributed by atoms with Crippen LogP contribution in [-0.4, -0.2) is 35.4 Å². The first kappa shape index (κ1) is 15.8. The van der Waals surface area contributed by atoms with Crippen LogP contribution in [0.4, 0.5) is 5.82 Å². The van der Waals surface area contributed by atoms with E-state index < -0.39 is 0 Å².